The molecule has 7 nitrogen and oxygen atoms in total. The third-order valence-electron chi connectivity index (χ3n) is 6.34. The van der Waals surface area contributed by atoms with Crippen molar-refractivity contribution < 1.29 is 19.0 Å². The Morgan fingerprint density at radius 1 is 1.24 bits per heavy atom. The number of benzene rings is 1. The number of methoxy groups -OCH3 is 1. The zero-order valence-corrected chi connectivity index (χ0v) is 20.3. The fourth-order valence-corrected chi connectivity index (χ4v) is 5.70. The topological polar surface area (TPSA) is 82.9 Å². The fraction of sp³-hybridized carbons (Fsp3) is 0.385. The van der Waals surface area contributed by atoms with Gasteiger partial charge in [-0.2, -0.15) is 0 Å². The van der Waals surface area contributed by atoms with Gasteiger partial charge in [0, 0.05) is 41.7 Å². The number of nitrogens with zero attached hydrogens (tertiary/aromatic N) is 3. The van der Waals surface area contributed by atoms with Crippen molar-refractivity contribution in [2.24, 2.45) is 4.99 Å². The Morgan fingerprint density at radius 3 is 2.85 bits per heavy atom. The highest BCUT2D eigenvalue weighted by atomic mass is 32.1. The summed E-state index contributed by atoms with van der Waals surface area (Å²) in [5.74, 6) is 1.28. The highest BCUT2D eigenvalue weighted by molar-refractivity contribution is 7.13. The van der Waals surface area contributed by atoms with E-state index in [1.54, 1.807) is 24.6 Å². The van der Waals surface area contributed by atoms with Crippen LogP contribution in [0.2, 0.25) is 0 Å². The summed E-state index contributed by atoms with van der Waals surface area (Å²) < 4.78 is 17.1. The summed E-state index contributed by atoms with van der Waals surface area (Å²) in [5, 5.41) is 2.96. The summed E-state index contributed by atoms with van der Waals surface area (Å²) >= 11 is 1.58. The molecule has 0 amide bonds. The number of rotatable bonds is 6. The largest absolute Gasteiger partial charge is 0.493 e. The average molecular weight is 478 g/mol. The molecule has 0 saturated heterocycles. The van der Waals surface area contributed by atoms with Crippen LogP contribution in [0.5, 0.6) is 11.5 Å². The predicted molar refractivity (Wildman–Crippen MR) is 131 cm³/mol. The van der Waals surface area contributed by atoms with Crippen molar-refractivity contribution in [3.63, 3.8) is 0 Å². The van der Waals surface area contributed by atoms with Crippen molar-refractivity contribution in [3.05, 3.63) is 58.9 Å². The number of fused-ring (bicyclic) bond motifs is 3. The monoisotopic (exact) mass is 477 g/mol. The van der Waals surface area contributed by atoms with Gasteiger partial charge >= 0.3 is 5.97 Å². The van der Waals surface area contributed by atoms with Gasteiger partial charge in [-0.1, -0.05) is 0 Å². The maximum atomic E-state index is 11.6. The highest BCUT2D eigenvalue weighted by Crippen LogP contribution is 2.45. The lowest BCUT2D eigenvalue weighted by Crippen LogP contribution is -2.36. The highest BCUT2D eigenvalue weighted by Gasteiger charge is 2.39. The summed E-state index contributed by atoms with van der Waals surface area (Å²) in [7, 11) is 1.65. The molecule has 5 rings (SSSR count). The third-order valence-corrected chi connectivity index (χ3v) is 7.23. The van der Waals surface area contributed by atoms with Gasteiger partial charge in [0.15, 0.2) is 11.5 Å². The van der Waals surface area contributed by atoms with Crippen molar-refractivity contribution in [3.8, 4) is 22.1 Å². The Morgan fingerprint density at radius 2 is 2.12 bits per heavy atom. The normalized spacial score (nSPS) is 21.1. The Balaban J connectivity index is 1.59. The molecule has 0 spiro atoms. The molecule has 1 aromatic carbocycles. The standard InChI is InChI=1S/C26H27N3O4S/c1-4-32-24-11-18-19-10-17(33-15(2)30)7-8-21(19)28-25(20(18)12-23(24)31-3)22-14-34-26(29-22)16-6-5-9-27-13-16/h5-6,9,11-14,17,19,21H,4,7-8,10H2,1-3H3. The SMILES string of the molecule is CCOc1cc2c(cc1OC)C(c1csc(-c3cccnc3)n1)=NC1CCC(OC(C)=O)CC21. The van der Waals surface area contributed by atoms with Crippen LogP contribution in [0.1, 0.15) is 55.8 Å². The van der Waals surface area contributed by atoms with Crippen LogP contribution in [-0.2, 0) is 9.53 Å². The minimum absolute atomic E-state index is 0.0979. The van der Waals surface area contributed by atoms with Gasteiger partial charge < -0.3 is 14.2 Å². The first-order chi connectivity index (χ1) is 16.6. The molecular weight excluding hydrogens is 450 g/mol. The fourth-order valence-electron chi connectivity index (χ4n) is 4.91. The van der Waals surface area contributed by atoms with E-state index in [4.69, 9.17) is 24.2 Å². The van der Waals surface area contributed by atoms with Gasteiger partial charge in [-0.25, -0.2) is 4.98 Å². The third kappa shape index (κ3) is 4.30. The second-order valence-corrected chi connectivity index (χ2v) is 9.36. The summed E-state index contributed by atoms with van der Waals surface area (Å²) in [6.07, 6.45) is 5.87. The zero-order valence-electron chi connectivity index (χ0n) is 19.5. The summed E-state index contributed by atoms with van der Waals surface area (Å²) in [6.45, 7) is 3.97. The van der Waals surface area contributed by atoms with E-state index in [1.807, 2.05) is 31.3 Å². The van der Waals surface area contributed by atoms with Crippen LogP contribution in [0, 0.1) is 0 Å². The first kappa shape index (κ1) is 22.5. The van der Waals surface area contributed by atoms with E-state index in [9.17, 15) is 4.79 Å². The second-order valence-electron chi connectivity index (χ2n) is 8.50. The van der Waals surface area contributed by atoms with E-state index in [0.717, 1.165) is 52.4 Å². The van der Waals surface area contributed by atoms with Gasteiger partial charge in [-0.05, 0) is 56.0 Å². The molecule has 2 aromatic heterocycles. The van der Waals surface area contributed by atoms with Crippen LogP contribution >= 0.6 is 11.3 Å². The lowest BCUT2D eigenvalue weighted by atomic mass is 9.74. The van der Waals surface area contributed by atoms with Gasteiger partial charge in [0.25, 0.3) is 0 Å². The molecular formula is C26H27N3O4S. The van der Waals surface area contributed by atoms with Gasteiger partial charge in [-0.3, -0.25) is 14.8 Å². The van der Waals surface area contributed by atoms with E-state index in [0.29, 0.717) is 18.1 Å². The molecule has 0 radical (unpaired) electrons. The van der Waals surface area contributed by atoms with E-state index in [1.165, 1.54) is 6.92 Å². The molecule has 176 valence electrons. The lowest BCUT2D eigenvalue weighted by Gasteiger charge is -2.38. The molecule has 2 aliphatic rings. The number of thiazole rings is 1. The number of aliphatic imine (C=N–C) groups is 1. The van der Waals surface area contributed by atoms with Crippen molar-refractivity contribution in [1.82, 2.24) is 9.97 Å². The van der Waals surface area contributed by atoms with Crippen LogP contribution in [0.25, 0.3) is 10.6 Å². The smallest absolute Gasteiger partial charge is 0.302 e. The molecule has 3 aromatic rings. The first-order valence-electron chi connectivity index (χ1n) is 11.5. The molecule has 0 N–H and O–H groups in total. The molecule has 34 heavy (non-hydrogen) atoms. The maximum absolute atomic E-state index is 11.6. The molecule has 3 unspecified atom stereocenters. The van der Waals surface area contributed by atoms with Gasteiger partial charge in [0.05, 0.1) is 25.5 Å². The quantitative estimate of drug-likeness (QED) is 0.463. The predicted octanol–water partition coefficient (Wildman–Crippen LogP) is 5.03. The zero-order chi connectivity index (χ0) is 23.7. The number of ether oxygens (including phenoxy) is 3. The Hall–Kier alpha value is -3.26. The molecule has 0 bridgehead atoms. The van der Waals surface area contributed by atoms with Crippen LogP contribution in [0.3, 0.4) is 0 Å². The number of hydrogen-bond donors (Lipinski definition) is 0. The Labute approximate surface area is 202 Å². The Bertz CT molecular complexity index is 1220. The van der Waals surface area contributed by atoms with E-state index < -0.39 is 0 Å². The Kier molecular flexibility index (Phi) is 6.32. The van der Waals surface area contributed by atoms with Crippen LogP contribution < -0.4 is 9.47 Å². The molecule has 8 heteroatoms. The molecule has 1 saturated carbocycles. The van der Waals surface area contributed by atoms with Gasteiger partial charge in [0.2, 0.25) is 0 Å². The van der Waals surface area contributed by atoms with Crippen molar-refractivity contribution in [2.45, 2.75) is 51.2 Å². The summed E-state index contributed by atoms with van der Waals surface area (Å²) in [6, 6.07) is 8.11. The number of carbonyl (C=O) groups excluding carboxylic acids is 1. The van der Waals surface area contributed by atoms with E-state index in [-0.39, 0.29) is 24.0 Å². The van der Waals surface area contributed by atoms with Crippen molar-refractivity contribution in [2.75, 3.05) is 13.7 Å². The maximum Gasteiger partial charge on any atom is 0.302 e. The molecule has 1 aliphatic heterocycles. The van der Waals surface area contributed by atoms with E-state index in [2.05, 4.69) is 16.4 Å². The first-order valence-corrected chi connectivity index (χ1v) is 12.4. The van der Waals surface area contributed by atoms with Crippen LogP contribution in [0.15, 0.2) is 47.0 Å². The van der Waals surface area contributed by atoms with E-state index >= 15 is 0 Å². The molecule has 1 fully saturated rings. The number of pyridine rings is 1. The minimum Gasteiger partial charge on any atom is -0.493 e. The van der Waals surface area contributed by atoms with Crippen LogP contribution in [0.4, 0.5) is 0 Å². The number of aromatic nitrogens is 2. The van der Waals surface area contributed by atoms with Crippen molar-refractivity contribution >= 4 is 23.0 Å². The van der Waals surface area contributed by atoms with Gasteiger partial charge in [0.1, 0.15) is 16.8 Å². The van der Waals surface area contributed by atoms with Crippen LogP contribution in [-0.4, -0.2) is 47.5 Å². The molecule has 3 heterocycles. The average Bonchev–Trinajstić information content (AvgIpc) is 3.34. The number of esters is 1. The summed E-state index contributed by atoms with van der Waals surface area (Å²) in [4.78, 5) is 25.9. The van der Waals surface area contributed by atoms with Gasteiger partial charge in [-0.15, -0.1) is 11.3 Å². The number of carbonyl (C=O) groups is 1. The van der Waals surface area contributed by atoms with Crippen molar-refractivity contribution in [1.29, 1.82) is 0 Å². The summed E-state index contributed by atoms with van der Waals surface area (Å²) in [5.41, 5.74) is 4.84. The minimum atomic E-state index is -0.237. The number of hydrogen-bond acceptors (Lipinski definition) is 8. The molecule has 3 atom stereocenters. The molecule has 1 aliphatic carbocycles. The second kappa shape index (κ2) is 9.54. The lowest BCUT2D eigenvalue weighted by molar-refractivity contribution is -0.148.